The van der Waals surface area contributed by atoms with Crippen molar-refractivity contribution in [2.24, 2.45) is 5.92 Å². The zero-order valence-corrected chi connectivity index (χ0v) is 13.6. The van der Waals surface area contributed by atoms with E-state index in [4.69, 9.17) is 10.00 Å². The van der Waals surface area contributed by atoms with Gasteiger partial charge in [-0.15, -0.1) is 12.4 Å². The van der Waals surface area contributed by atoms with Gasteiger partial charge in [-0.3, -0.25) is 4.90 Å². The van der Waals surface area contributed by atoms with Crippen molar-refractivity contribution in [2.75, 3.05) is 19.7 Å². The maximum absolute atomic E-state index is 9.13. The molecule has 2 aliphatic rings. The topological polar surface area (TPSA) is 36.3 Å². The van der Waals surface area contributed by atoms with Crippen LogP contribution in [0.5, 0.6) is 5.75 Å². The Kier molecular flexibility index (Phi) is 4.56. The lowest BCUT2D eigenvalue weighted by Gasteiger charge is -2.27. The van der Waals surface area contributed by atoms with Crippen molar-refractivity contribution in [3.63, 3.8) is 0 Å². The van der Waals surface area contributed by atoms with Gasteiger partial charge >= 0.3 is 0 Å². The molecule has 0 amide bonds. The van der Waals surface area contributed by atoms with Gasteiger partial charge in [-0.2, -0.15) is 5.26 Å². The fourth-order valence-corrected chi connectivity index (χ4v) is 3.69. The van der Waals surface area contributed by atoms with Gasteiger partial charge in [-0.25, -0.2) is 0 Å². The molecule has 118 valence electrons. The van der Waals surface area contributed by atoms with E-state index in [1.807, 2.05) is 18.2 Å². The number of halogens is 1. The average Bonchev–Trinajstić information content (AvgIpc) is 2.98. The summed E-state index contributed by atoms with van der Waals surface area (Å²) in [6, 6.07) is 18.6. The molecular weight excluding hydrogens is 308 g/mol. The molecule has 0 aliphatic carbocycles. The summed E-state index contributed by atoms with van der Waals surface area (Å²) in [5, 5.41) is 9.13. The predicted octanol–water partition coefficient (Wildman–Crippen LogP) is 3.59. The molecule has 0 radical (unpaired) electrons. The van der Waals surface area contributed by atoms with Crippen molar-refractivity contribution in [2.45, 2.75) is 12.5 Å². The minimum Gasteiger partial charge on any atom is -0.493 e. The second-order valence-electron chi connectivity index (χ2n) is 6.22. The third kappa shape index (κ3) is 3.06. The Hall–Kier alpha value is -2.02. The van der Waals surface area contributed by atoms with Crippen molar-refractivity contribution >= 4 is 12.4 Å². The first-order valence-corrected chi connectivity index (χ1v) is 7.76. The molecule has 0 spiro atoms. The van der Waals surface area contributed by atoms with Crippen molar-refractivity contribution in [1.82, 2.24) is 4.90 Å². The lowest BCUT2D eigenvalue weighted by Crippen LogP contribution is -2.25. The highest BCUT2D eigenvalue weighted by atomic mass is 35.5. The Bertz CT molecular complexity index is 726. The minimum atomic E-state index is 0. The lowest BCUT2D eigenvalue weighted by molar-refractivity contribution is 0.212. The van der Waals surface area contributed by atoms with Crippen LogP contribution in [0.2, 0.25) is 0 Å². The van der Waals surface area contributed by atoms with Crippen LogP contribution >= 0.6 is 12.4 Å². The molecule has 2 heterocycles. The van der Waals surface area contributed by atoms with Crippen molar-refractivity contribution in [3.05, 3.63) is 65.2 Å². The average molecular weight is 327 g/mol. The summed E-state index contributed by atoms with van der Waals surface area (Å²) < 4.78 is 5.90. The smallest absolute Gasteiger partial charge is 0.122 e. The van der Waals surface area contributed by atoms with Crippen LogP contribution in [0.4, 0.5) is 0 Å². The van der Waals surface area contributed by atoms with Gasteiger partial charge in [0.15, 0.2) is 0 Å². The second kappa shape index (κ2) is 6.62. The zero-order chi connectivity index (χ0) is 14.9. The van der Waals surface area contributed by atoms with Gasteiger partial charge in [0.2, 0.25) is 0 Å². The van der Waals surface area contributed by atoms with E-state index in [0.717, 1.165) is 37.6 Å². The van der Waals surface area contributed by atoms with Crippen molar-refractivity contribution < 1.29 is 4.74 Å². The standard InChI is InChI=1S/C19H18N2O.ClH/c20-9-15-6-7-19-17(8-15)18-12-21(11-16(18)13-22-19)10-14-4-2-1-3-5-14;/h1-8,16,18H,10-13H2;1H/t16-,18+;/m1./s1. The molecule has 23 heavy (non-hydrogen) atoms. The van der Waals surface area contributed by atoms with Crippen molar-refractivity contribution in [3.8, 4) is 11.8 Å². The molecule has 1 saturated heterocycles. The highest BCUT2D eigenvalue weighted by Gasteiger charge is 2.38. The molecule has 2 aromatic carbocycles. The highest BCUT2D eigenvalue weighted by molar-refractivity contribution is 5.85. The van der Waals surface area contributed by atoms with E-state index in [-0.39, 0.29) is 12.4 Å². The quantitative estimate of drug-likeness (QED) is 0.846. The largest absolute Gasteiger partial charge is 0.493 e. The SMILES string of the molecule is Cl.N#Cc1ccc2c(c1)[C@H]1CN(Cc3ccccc3)C[C@@H]1CO2. The lowest BCUT2D eigenvalue weighted by atomic mass is 9.86. The molecule has 0 unspecified atom stereocenters. The summed E-state index contributed by atoms with van der Waals surface area (Å²) in [7, 11) is 0. The normalized spacial score (nSPS) is 22.2. The molecule has 2 atom stereocenters. The molecule has 0 N–H and O–H groups in total. The van der Waals surface area contributed by atoms with Crippen LogP contribution in [0.3, 0.4) is 0 Å². The summed E-state index contributed by atoms with van der Waals surface area (Å²) in [5.41, 5.74) is 3.29. The Labute approximate surface area is 142 Å². The van der Waals surface area contributed by atoms with Crippen molar-refractivity contribution in [1.29, 1.82) is 5.26 Å². The van der Waals surface area contributed by atoms with E-state index in [9.17, 15) is 0 Å². The van der Waals surface area contributed by atoms with Crippen LogP contribution in [0.15, 0.2) is 48.5 Å². The van der Waals surface area contributed by atoms with Crippen LogP contribution in [-0.4, -0.2) is 24.6 Å². The van der Waals surface area contributed by atoms with Crippen LogP contribution in [0.1, 0.15) is 22.6 Å². The molecule has 0 saturated carbocycles. The van der Waals surface area contributed by atoms with Gasteiger partial charge in [-0.1, -0.05) is 30.3 Å². The number of benzene rings is 2. The van der Waals surface area contributed by atoms with Gasteiger partial charge in [0.25, 0.3) is 0 Å². The molecular formula is C19H19ClN2O. The molecule has 1 fully saturated rings. The maximum atomic E-state index is 9.13. The third-order valence-corrected chi connectivity index (χ3v) is 4.76. The highest BCUT2D eigenvalue weighted by Crippen LogP contribution is 2.42. The fraction of sp³-hybridized carbons (Fsp3) is 0.316. The number of rotatable bonds is 2. The van der Waals surface area contributed by atoms with Crippen LogP contribution < -0.4 is 4.74 Å². The summed E-state index contributed by atoms with van der Waals surface area (Å²) >= 11 is 0. The second-order valence-corrected chi connectivity index (χ2v) is 6.22. The van der Waals surface area contributed by atoms with E-state index in [2.05, 4.69) is 41.3 Å². The molecule has 4 heteroatoms. The van der Waals surface area contributed by atoms with Crippen LogP contribution in [0, 0.1) is 17.2 Å². The predicted molar refractivity (Wildman–Crippen MR) is 91.9 cm³/mol. The molecule has 3 nitrogen and oxygen atoms in total. The summed E-state index contributed by atoms with van der Waals surface area (Å²) in [6.07, 6.45) is 0. The Morgan fingerprint density at radius 3 is 2.74 bits per heavy atom. The number of ether oxygens (including phenoxy) is 1. The summed E-state index contributed by atoms with van der Waals surface area (Å²) in [6.45, 7) is 3.89. The zero-order valence-electron chi connectivity index (χ0n) is 12.8. The molecule has 4 rings (SSSR count). The minimum absolute atomic E-state index is 0. The number of fused-ring (bicyclic) bond motifs is 3. The maximum Gasteiger partial charge on any atom is 0.122 e. The Morgan fingerprint density at radius 1 is 1.13 bits per heavy atom. The van der Waals surface area contributed by atoms with E-state index in [0.29, 0.717) is 11.8 Å². The first kappa shape index (κ1) is 15.9. The number of hydrogen-bond acceptors (Lipinski definition) is 3. The number of likely N-dealkylation sites (tertiary alicyclic amines) is 1. The molecule has 0 bridgehead atoms. The molecule has 2 aliphatic heterocycles. The fourth-order valence-electron chi connectivity index (χ4n) is 3.69. The van der Waals surface area contributed by atoms with E-state index in [1.165, 1.54) is 11.1 Å². The van der Waals surface area contributed by atoms with Gasteiger partial charge < -0.3 is 4.74 Å². The van der Waals surface area contributed by atoms with Gasteiger partial charge in [-0.05, 0) is 23.8 Å². The number of nitrogens with zero attached hydrogens (tertiary/aromatic N) is 2. The monoisotopic (exact) mass is 326 g/mol. The first-order valence-electron chi connectivity index (χ1n) is 7.76. The Balaban J connectivity index is 0.00000156. The van der Waals surface area contributed by atoms with Crippen LogP contribution in [-0.2, 0) is 6.54 Å². The summed E-state index contributed by atoms with van der Waals surface area (Å²) in [4.78, 5) is 2.50. The van der Waals surface area contributed by atoms with Crippen LogP contribution in [0.25, 0.3) is 0 Å². The van der Waals surface area contributed by atoms with Gasteiger partial charge in [0, 0.05) is 37.0 Å². The molecule has 0 aromatic heterocycles. The molecule has 2 aromatic rings. The van der Waals surface area contributed by atoms with E-state index in [1.54, 1.807) is 0 Å². The first-order chi connectivity index (χ1) is 10.8. The van der Waals surface area contributed by atoms with E-state index >= 15 is 0 Å². The third-order valence-electron chi connectivity index (χ3n) is 4.76. The number of hydrogen-bond donors (Lipinski definition) is 0. The van der Waals surface area contributed by atoms with E-state index < -0.39 is 0 Å². The Morgan fingerprint density at radius 2 is 1.96 bits per heavy atom. The van der Waals surface area contributed by atoms with Gasteiger partial charge in [0.05, 0.1) is 18.2 Å². The summed E-state index contributed by atoms with van der Waals surface area (Å²) in [5.74, 6) is 1.98. The number of nitriles is 1. The van der Waals surface area contributed by atoms with Gasteiger partial charge in [0.1, 0.15) is 5.75 Å².